The molecule has 6 nitrogen and oxygen atoms in total. The molecule has 19 heavy (non-hydrogen) atoms. The van der Waals surface area contributed by atoms with Crippen LogP contribution in [0.3, 0.4) is 0 Å². The zero-order valence-corrected chi connectivity index (χ0v) is 10.8. The van der Waals surface area contributed by atoms with Crippen LogP contribution in [0.25, 0.3) is 5.53 Å². The quantitative estimate of drug-likeness (QED) is 0.441. The average Bonchev–Trinajstić information content (AvgIpc) is 2.39. The Labute approximate surface area is 109 Å². The van der Waals surface area contributed by atoms with E-state index in [1.54, 1.807) is 24.3 Å². The minimum atomic E-state index is -4.19. The molecule has 0 fully saturated rings. The van der Waals surface area contributed by atoms with Crippen molar-refractivity contribution in [3.8, 4) is 0 Å². The predicted octanol–water partition coefficient (Wildman–Crippen LogP) is 1.42. The van der Waals surface area contributed by atoms with Crippen LogP contribution in [0.4, 0.5) is 5.69 Å². The molecule has 1 aliphatic rings. The molecule has 0 saturated carbocycles. The Balaban J connectivity index is 2.09. The van der Waals surface area contributed by atoms with Gasteiger partial charge in [-0.1, -0.05) is 0 Å². The lowest BCUT2D eigenvalue weighted by Crippen LogP contribution is -2.07. The van der Waals surface area contributed by atoms with Crippen LogP contribution in [0.2, 0.25) is 0 Å². The van der Waals surface area contributed by atoms with Crippen molar-refractivity contribution in [3.63, 3.8) is 0 Å². The first-order valence-electron chi connectivity index (χ1n) is 5.51. The van der Waals surface area contributed by atoms with E-state index in [2.05, 4.69) is 10.1 Å². The van der Waals surface area contributed by atoms with Crippen LogP contribution in [0, 0.1) is 0 Å². The molecule has 7 heteroatoms. The van der Waals surface area contributed by atoms with Gasteiger partial charge in [0.2, 0.25) is 0 Å². The minimum absolute atomic E-state index is 0.0130. The summed E-state index contributed by atoms with van der Waals surface area (Å²) in [5, 5.41) is 3.08. The van der Waals surface area contributed by atoms with Gasteiger partial charge < -0.3 is 20.6 Å². The SMILES string of the molecule is [N-]=[N+]=C1C=CC(Nc2ccc(P(=O)(O)O)cc2)=CC1. The summed E-state index contributed by atoms with van der Waals surface area (Å²) in [5.41, 5.74) is 10.7. The third-order valence-corrected chi connectivity index (χ3v) is 3.58. The van der Waals surface area contributed by atoms with Gasteiger partial charge in [0, 0.05) is 17.5 Å². The van der Waals surface area contributed by atoms with Crippen molar-refractivity contribution in [3.05, 3.63) is 53.7 Å². The Hall–Kier alpha value is -1.97. The minimum Gasteiger partial charge on any atom is -0.361 e. The van der Waals surface area contributed by atoms with Crippen molar-refractivity contribution in [1.82, 2.24) is 0 Å². The topological polar surface area (TPSA) is 106 Å². The number of rotatable bonds is 3. The highest BCUT2D eigenvalue weighted by atomic mass is 31.2. The van der Waals surface area contributed by atoms with E-state index >= 15 is 0 Å². The zero-order chi connectivity index (χ0) is 13.9. The molecule has 3 N–H and O–H groups in total. The third kappa shape index (κ3) is 3.50. The third-order valence-electron chi connectivity index (χ3n) is 2.61. The lowest BCUT2D eigenvalue weighted by Gasteiger charge is -2.10. The maximum Gasteiger partial charge on any atom is 0.356 e. The van der Waals surface area contributed by atoms with E-state index in [9.17, 15) is 4.57 Å². The predicted molar refractivity (Wildman–Crippen MR) is 72.2 cm³/mol. The molecule has 98 valence electrons. The molecule has 1 aromatic carbocycles. The fourth-order valence-corrected chi connectivity index (χ4v) is 2.15. The van der Waals surface area contributed by atoms with E-state index in [1.807, 2.05) is 6.08 Å². The Kier molecular flexibility index (Phi) is 3.79. The molecule has 0 heterocycles. The molecule has 2 rings (SSSR count). The number of allylic oxidation sites excluding steroid dienone is 3. The summed E-state index contributed by atoms with van der Waals surface area (Å²) in [5.74, 6) is 0. The average molecular weight is 277 g/mol. The van der Waals surface area contributed by atoms with Crippen molar-refractivity contribution < 1.29 is 19.1 Å². The lowest BCUT2D eigenvalue weighted by atomic mass is 10.1. The van der Waals surface area contributed by atoms with E-state index in [4.69, 9.17) is 15.3 Å². The van der Waals surface area contributed by atoms with Gasteiger partial charge in [0.1, 0.15) is 0 Å². The monoisotopic (exact) mass is 277 g/mol. The van der Waals surface area contributed by atoms with Gasteiger partial charge >= 0.3 is 7.60 Å². The molecular formula is C12H12N3O3P. The molecule has 0 spiro atoms. The molecule has 0 unspecified atom stereocenters. The van der Waals surface area contributed by atoms with Gasteiger partial charge in [-0.25, -0.2) is 0 Å². The van der Waals surface area contributed by atoms with Crippen LogP contribution in [0.1, 0.15) is 6.42 Å². The number of anilines is 1. The zero-order valence-electron chi connectivity index (χ0n) is 9.89. The van der Waals surface area contributed by atoms with Crippen molar-refractivity contribution in [1.29, 1.82) is 0 Å². The van der Waals surface area contributed by atoms with Crippen LogP contribution < -0.4 is 10.6 Å². The van der Waals surface area contributed by atoms with E-state index in [0.29, 0.717) is 12.1 Å². The smallest absolute Gasteiger partial charge is 0.356 e. The maximum absolute atomic E-state index is 11.0. The summed E-state index contributed by atoms with van der Waals surface area (Å²) in [6.07, 6.45) is 5.82. The van der Waals surface area contributed by atoms with Gasteiger partial charge in [0.15, 0.2) is 0 Å². The van der Waals surface area contributed by atoms with Crippen molar-refractivity contribution in [2.45, 2.75) is 6.42 Å². The molecule has 0 saturated heterocycles. The highest BCUT2D eigenvalue weighted by Crippen LogP contribution is 2.33. The van der Waals surface area contributed by atoms with E-state index < -0.39 is 7.60 Å². The van der Waals surface area contributed by atoms with Crippen molar-refractivity contribution in [2.75, 3.05) is 5.32 Å². The normalized spacial score (nSPS) is 14.8. The molecule has 0 atom stereocenters. The van der Waals surface area contributed by atoms with Crippen LogP contribution in [-0.2, 0) is 4.57 Å². The first-order chi connectivity index (χ1) is 8.99. The van der Waals surface area contributed by atoms with E-state index in [-0.39, 0.29) is 5.30 Å². The standard InChI is InChI=1S/C12H12N3O3P/c13-15-11-3-1-9(2-4-11)14-10-5-7-12(8-6-10)19(16,17)18/h1-3,5-8,14H,4H2,(H2,16,17,18). The molecule has 0 radical (unpaired) electrons. The number of hydrogen-bond donors (Lipinski definition) is 3. The number of benzene rings is 1. The van der Waals surface area contributed by atoms with Crippen LogP contribution >= 0.6 is 7.60 Å². The maximum atomic E-state index is 11.0. The first kappa shape index (κ1) is 13.5. The summed E-state index contributed by atoms with van der Waals surface area (Å²) in [4.78, 5) is 21.1. The Morgan fingerprint density at radius 1 is 1.21 bits per heavy atom. The Bertz CT molecular complexity index is 637. The van der Waals surface area contributed by atoms with E-state index in [1.165, 1.54) is 12.1 Å². The fraction of sp³-hybridized carbons (Fsp3) is 0.0833. The van der Waals surface area contributed by atoms with Crippen LogP contribution in [-0.4, -0.2) is 20.3 Å². The van der Waals surface area contributed by atoms with Crippen molar-refractivity contribution >= 4 is 24.3 Å². The van der Waals surface area contributed by atoms with E-state index in [0.717, 1.165) is 11.4 Å². The molecule has 1 aromatic rings. The van der Waals surface area contributed by atoms with Crippen molar-refractivity contribution in [2.24, 2.45) is 0 Å². The molecule has 1 aliphatic carbocycles. The number of nitrogens with zero attached hydrogens (tertiary/aromatic N) is 2. The van der Waals surface area contributed by atoms with Gasteiger partial charge in [0.05, 0.1) is 11.7 Å². The van der Waals surface area contributed by atoms with Gasteiger partial charge in [-0.3, -0.25) is 4.57 Å². The number of hydrogen-bond acceptors (Lipinski definition) is 2. The van der Waals surface area contributed by atoms with Crippen LogP contribution in [0.15, 0.2) is 48.2 Å². The second kappa shape index (κ2) is 5.34. The Morgan fingerprint density at radius 3 is 2.37 bits per heavy atom. The molecular weight excluding hydrogens is 265 g/mol. The summed E-state index contributed by atoms with van der Waals surface area (Å²) in [7, 11) is -4.19. The number of nitrogens with one attached hydrogen (secondary N) is 1. The fourth-order valence-electron chi connectivity index (χ4n) is 1.61. The van der Waals surface area contributed by atoms with Gasteiger partial charge in [-0.2, -0.15) is 4.79 Å². The molecule has 0 aliphatic heterocycles. The Morgan fingerprint density at radius 2 is 1.89 bits per heavy atom. The van der Waals surface area contributed by atoms with Gasteiger partial charge in [-0.15, -0.1) is 0 Å². The largest absolute Gasteiger partial charge is 0.361 e. The molecule has 0 amide bonds. The van der Waals surface area contributed by atoms with Crippen LogP contribution in [0.5, 0.6) is 0 Å². The second-order valence-corrected chi connectivity index (χ2v) is 5.61. The second-order valence-electron chi connectivity index (χ2n) is 4.00. The first-order valence-corrected chi connectivity index (χ1v) is 7.12. The highest BCUT2D eigenvalue weighted by molar-refractivity contribution is 7.60. The summed E-state index contributed by atoms with van der Waals surface area (Å²) < 4.78 is 11.0. The molecule has 0 aromatic heterocycles. The lowest BCUT2D eigenvalue weighted by molar-refractivity contribution is -0.00540. The highest BCUT2D eigenvalue weighted by Gasteiger charge is 2.16. The van der Waals surface area contributed by atoms with Gasteiger partial charge in [0.25, 0.3) is 5.71 Å². The summed E-state index contributed by atoms with van der Waals surface area (Å²) in [6.45, 7) is 0. The summed E-state index contributed by atoms with van der Waals surface area (Å²) >= 11 is 0. The molecule has 0 bridgehead atoms. The summed E-state index contributed by atoms with van der Waals surface area (Å²) in [6, 6.07) is 5.96. The van der Waals surface area contributed by atoms with Gasteiger partial charge in [-0.05, 0) is 36.4 Å².